The van der Waals surface area contributed by atoms with Crippen molar-refractivity contribution in [1.82, 2.24) is 4.31 Å². The number of nitrogens with zero attached hydrogens (tertiary/aromatic N) is 1. The summed E-state index contributed by atoms with van der Waals surface area (Å²) in [6.45, 7) is 2.33. The first-order valence-corrected chi connectivity index (χ1v) is 14.0. The summed E-state index contributed by atoms with van der Waals surface area (Å²) in [5, 5.41) is 3.04. The molecule has 1 aliphatic rings. The lowest BCUT2D eigenvalue weighted by Crippen LogP contribution is -2.40. The van der Waals surface area contributed by atoms with Crippen molar-refractivity contribution in [2.24, 2.45) is 5.92 Å². The van der Waals surface area contributed by atoms with E-state index in [1.165, 1.54) is 16.4 Å². The maximum Gasteiger partial charge on any atom is 0.309 e. The lowest BCUT2D eigenvalue weighted by molar-refractivity contribution is -0.149. The number of hydrogen-bond donors (Lipinski definition) is 1. The second-order valence-corrected chi connectivity index (χ2v) is 10.9. The Bertz CT molecular complexity index is 1410. The molecule has 0 amide bonds. The van der Waals surface area contributed by atoms with Crippen LogP contribution in [0.3, 0.4) is 0 Å². The molecule has 1 saturated heterocycles. The van der Waals surface area contributed by atoms with Crippen molar-refractivity contribution >= 4 is 33.2 Å². The minimum absolute atomic E-state index is 0.0255. The first-order chi connectivity index (χ1) is 18.3. The number of hydrogen-bond acceptors (Lipinski definition) is 7. The average molecular weight is 535 g/mol. The van der Waals surface area contributed by atoms with Crippen LogP contribution in [-0.4, -0.2) is 56.5 Å². The maximum atomic E-state index is 13.2. The highest BCUT2D eigenvalue weighted by atomic mass is 32.2. The van der Waals surface area contributed by atoms with Crippen LogP contribution >= 0.6 is 0 Å². The van der Waals surface area contributed by atoms with Crippen LogP contribution in [0, 0.1) is 5.92 Å². The van der Waals surface area contributed by atoms with E-state index < -0.39 is 10.0 Å². The van der Waals surface area contributed by atoms with Crippen LogP contribution in [0.5, 0.6) is 0 Å². The Morgan fingerprint density at radius 1 is 0.895 bits per heavy atom. The number of nitrogens with one attached hydrogen (secondary N) is 1. The van der Waals surface area contributed by atoms with Gasteiger partial charge in [0.15, 0.2) is 11.6 Å². The van der Waals surface area contributed by atoms with Crippen molar-refractivity contribution in [2.45, 2.75) is 24.7 Å². The largest absolute Gasteiger partial charge is 0.466 e. The Kier molecular flexibility index (Phi) is 8.70. The molecule has 3 aromatic rings. The van der Waals surface area contributed by atoms with Gasteiger partial charge in [0.1, 0.15) is 0 Å². The summed E-state index contributed by atoms with van der Waals surface area (Å²) in [4.78, 5) is 38.0. The smallest absolute Gasteiger partial charge is 0.309 e. The number of Topliss-reactive ketones (excluding diaryl/α,β-unsaturated/α-hetero) is 1. The van der Waals surface area contributed by atoms with Gasteiger partial charge >= 0.3 is 5.97 Å². The molecule has 0 aromatic heterocycles. The van der Waals surface area contributed by atoms with Gasteiger partial charge in [0.05, 0.1) is 24.0 Å². The number of sulfonamides is 1. The maximum absolute atomic E-state index is 13.2. The SMILES string of the molecule is CCOC(=O)C1CCN(S(=O)(=O)c2cccc(C(=O)CNc3ccccc3C(=O)c3ccccc3)c2)CC1. The predicted molar refractivity (Wildman–Crippen MR) is 144 cm³/mol. The van der Waals surface area contributed by atoms with Crippen molar-refractivity contribution < 1.29 is 27.5 Å². The molecule has 0 spiro atoms. The Morgan fingerprint density at radius 3 is 2.26 bits per heavy atom. The van der Waals surface area contributed by atoms with Gasteiger partial charge in [-0.25, -0.2) is 8.42 Å². The number of ether oxygens (including phenoxy) is 1. The van der Waals surface area contributed by atoms with Gasteiger partial charge in [-0.15, -0.1) is 0 Å². The van der Waals surface area contributed by atoms with Crippen LogP contribution in [0.1, 0.15) is 46.0 Å². The van der Waals surface area contributed by atoms with E-state index in [4.69, 9.17) is 4.74 Å². The first-order valence-electron chi connectivity index (χ1n) is 12.5. The van der Waals surface area contributed by atoms with Crippen molar-refractivity contribution in [2.75, 3.05) is 31.6 Å². The summed E-state index contributed by atoms with van der Waals surface area (Å²) in [5.74, 6) is -1.08. The summed E-state index contributed by atoms with van der Waals surface area (Å²) >= 11 is 0. The van der Waals surface area contributed by atoms with E-state index in [1.807, 2.05) is 6.07 Å². The van der Waals surface area contributed by atoms with E-state index in [0.29, 0.717) is 36.3 Å². The minimum atomic E-state index is -3.83. The summed E-state index contributed by atoms with van der Waals surface area (Å²) in [6.07, 6.45) is 0.781. The van der Waals surface area contributed by atoms with Crippen molar-refractivity contribution in [3.05, 3.63) is 95.6 Å². The van der Waals surface area contributed by atoms with Crippen LogP contribution in [0.4, 0.5) is 5.69 Å². The van der Waals surface area contributed by atoms with Crippen molar-refractivity contribution in [3.8, 4) is 0 Å². The Balaban J connectivity index is 1.43. The number of anilines is 1. The van der Waals surface area contributed by atoms with Gasteiger partial charge in [0.2, 0.25) is 10.0 Å². The number of esters is 1. The minimum Gasteiger partial charge on any atom is -0.466 e. The zero-order chi connectivity index (χ0) is 27.1. The fourth-order valence-corrected chi connectivity index (χ4v) is 5.95. The Hall–Kier alpha value is -3.82. The average Bonchev–Trinajstić information content (AvgIpc) is 2.96. The third-order valence-corrected chi connectivity index (χ3v) is 8.41. The van der Waals surface area contributed by atoms with Crippen LogP contribution in [0.15, 0.2) is 83.8 Å². The van der Waals surface area contributed by atoms with Crippen LogP contribution in [0.25, 0.3) is 0 Å². The summed E-state index contributed by atoms with van der Waals surface area (Å²) in [5.41, 5.74) is 1.74. The van der Waals surface area contributed by atoms with Gasteiger partial charge in [0.25, 0.3) is 0 Å². The number of ketones is 2. The third kappa shape index (κ3) is 6.17. The summed E-state index contributed by atoms with van der Waals surface area (Å²) < 4.78 is 32.9. The molecule has 8 nitrogen and oxygen atoms in total. The number of carbonyl (C=O) groups excluding carboxylic acids is 3. The summed E-state index contributed by atoms with van der Waals surface area (Å²) in [7, 11) is -3.83. The molecule has 0 aliphatic carbocycles. The number of carbonyl (C=O) groups is 3. The molecule has 0 unspecified atom stereocenters. The van der Waals surface area contributed by atoms with E-state index in [0.717, 1.165) is 0 Å². The molecule has 3 aromatic carbocycles. The monoisotopic (exact) mass is 534 g/mol. The normalized spacial score (nSPS) is 14.6. The number of para-hydroxylation sites is 1. The Labute approximate surface area is 222 Å². The van der Waals surface area contributed by atoms with Gasteiger partial charge in [-0.1, -0.05) is 54.6 Å². The molecule has 198 valence electrons. The zero-order valence-electron chi connectivity index (χ0n) is 21.1. The highest BCUT2D eigenvalue weighted by Crippen LogP contribution is 2.25. The van der Waals surface area contributed by atoms with Crippen molar-refractivity contribution in [1.29, 1.82) is 0 Å². The molecule has 0 atom stereocenters. The molecule has 4 rings (SSSR count). The third-order valence-electron chi connectivity index (χ3n) is 6.51. The van der Waals surface area contributed by atoms with Gasteiger partial charge in [-0.3, -0.25) is 14.4 Å². The van der Waals surface area contributed by atoms with Gasteiger partial charge < -0.3 is 10.1 Å². The zero-order valence-corrected chi connectivity index (χ0v) is 21.9. The second kappa shape index (κ2) is 12.1. The van der Waals surface area contributed by atoms with E-state index >= 15 is 0 Å². The lowest BCUT2D eigenvalue weighted by Gasteiger charge is -2.30. The van der Waals surface area contributed by atoms with E-state index in [2.05, 4.69) is 5.32 Å². The molecule has 1 aliphatic heterocycles. The molecule has 0 radical (unpaired) electrons. The molecule has 0 saturated carbocycles. The van der Waals surface area contributed by atoms with Gasteiger partial charge in [-0.05, 0) is 44.0 Å². The molecule has 1 N–H and O–H groups in total. The molecule has 0 bridgehead atoms. The molecule has 9 heteroatoms. The molecular weight excluding hydrogens is 504 g/mol. The highest BCUT2D eigenvalue weighted by molar-refractivity contribution is 7.89. The quantitative estimate of drug-likeness (QED) is 0.307. The van der Waals surface area contributed by atoms with E-state index in [9.17, 15) is 22.8 Å². The molecule has 1 heterocycles. The first kappa shape index (κ1) is 27.2. The van der Waals surface area contributed by atoms with Crippen molar-refractivity contribution in [3.63, 3.8) is 0 Å². The van der Waals surface area contributed by atoms with E-state index in [-0.39, 0.29) is 53.5 Å². The van der Waals surface area contributed by atoms with Crippen LogP contribution in [0.2, 0.25) is 0 Å². The molecular formula is C29H30N2O6S. The Morgan fingerprint density at radius 2 is 1.55 bits per heavy atom. The van der Waals surface area contributed by atoms with Gasteiger partial charge in [0, 0.05) is 35.5 Å². The van der Waals surface area contributed by atoms with Crippen LogP contribution < -0.4 is 5.32 Å². The van der Waals surface area contributed by atoms with E-state index in [1.54, 1.807) is 67.6 Å². The number of piperidine rings is 1. The lowest BCUT2D eigenvalue weighted by atomic mass is 9.98. The number of rotatable bonds is 10. The molecule has 38 heavy (non-hydrogen) atoms. The van der Waals surface area contributed by atoms with Crippen LogP contribution in [-0.2, 0) is 19.6 Å². The topological polar surface area (TPSA) is 110 Å². The standard InChI is InChI=1S/C29H30N2O6S/c1-2-37-29(34)22-15-17-31(18-16-22)38(35,36)24-12-8-11-23(19-24)27(32)20-30-26-14-7-6-13-25(26)28(33)21-9-4-3-5-10-21/h3-14,19,22,30H,2,15-18,20H2,1H3. The van der Waals surface area contributed by atoms with Gasteiger partial charge in [-0.2, -0.15) is 4.31 Å². The molecule has 1 fully saturated rings. The fraction of sp³-hybridized carbons (Fsp3) is 0.276. The second-order valence-electron chi connectivity index (χ2n) is 8.98. The predicted octanol–water partition coefficient (Wildman–Crippen LogP) is 4.18. The highest BCUT2D eigenvalue weighted by Gasteiger charge is 2.33. The summed E-state index contributed by atoms with van der Waals surface area (Å²) in [6, 6.07) is 21.8. The number of benzene rings is 3. The fourth-order valence-electron chi connectivity index (χ4n) is 4.43.